The van der Waals surface area contributed by atoms with Crippen molar-refractivity contribution in [3.05, 3.63) is 60.2 Å². The van der Waals surface area contributed by atoms with Gasteiger partial charge in [-0.2, -0.15) is 0 Å². The molecule has 0 spiro atoms. The summed E-state index contributed by atoms with van der Waals surface area (Å²) in [6, 6.07) is 11.2. The number of hydrogen-bond donors (Lipinski definition) is 2. The minimum absolute atomic E-state index is 0.109. The molecule has 0 aliphatic carbocycles. The van der Waals surface area contributed by atoms with Crippen LogP contribution >= 0.6 is 0 Å². The summed E-state index contributed by atoms with van der Waals surface area (Å²) in [5, 5.41) is 5.46. The van der Waals surface area contributed by atoms with Crippen LogP contribution in [-0.2, 0) is 14.4 Å². The molecule has 1 fully saturated rings. The second kappa shape index (κ2) is 12.3. The Morgan fingerprint density at radius 1 is 1.00 bits per heavy atom. The molecule has 2 N–H and O–H groups in total. The van der Waals surface area contributed by atoms with E-state index in [-0.39, 0.29) is 23.5 Å². The number of carbonyl (C=O) groups excluding carboxylic acids is 3. The van der Waals surface area contributed by atoms with E-state index >= 15 is 0 Å². The highest BCUT2D eigenvalue weighted by atomic mass is 19.4. The minimum atomic E-state index is -4.78. The van der Waals surface area contributed by atoms with E-state index in [2.05, 4.69) is 15.4 Å². The number of nitrogens with zero attached hydrogens (tertiary/aromatic N) is 1. The number of likely N-dealkylation sites (tertiary alicyclic amines) is 1. The summed E-state index contributed by atoms with van der Waals surface area (Å²) in [7, 11) is 1.56. The molecule has 2 aromatic rings. The van der Waals surface area contributed by atoms with Gasteiger partial charge in [-0.05, 0) is 67.8 Å². The number of nitrogens with one attached hydrogen (secondary N) is 2. The van der Waals surface area contributed by atoms with Gasteiger partial charge in [0, 0.05) is 30.8 Å². The molecule has 0 aromatic heterocycles. The first-order chi connectivity index (χ1) is 17.5. The zero-order valence-corrected chi connectivity index (χ0v) is 20.4. The monoisotopic (exact) mass is 519 g/mol. The molecular formula is C26H28F3N3O5. The van der Waals surface area contributed by atoms with Gasteiger partial charge in [-0.15, -0.1) is 13.2 Å². The molecule has 8 nitrogen and oxygen atoms in total. The predicted octanol–water partition coefficient (Wildman–Crippen LogP) is 3.99. The van der Waals surface area contributed by atoms with Crippen LogP contribution in [0, 0.1) is 5.92 Å². The van der Waals surface area contributed by atoms with Crippen molar-refractivity contribution in [1.29, 1.82) is 0 Å². The lowest BCUT2D eigenvalue weighted by Gasteiger charge is -2.33. The molecule has 2 aromatic carbocycles. The average molecular weight is 520 g/mol. The largest absolute Gasteiger partial charge is 0.573 e. The second-order valence-corrected chi connectivity index (χ2v) is 8.50. The van der Waals surface area contributed by atoms with Crippen LogP contribution in [0.2, 0.25) is 0 Å². The van der Waals surface area contributed by atoms with E-state index < -0.39 is 18.3 Å². The third kappa shape index (κ3) is 8.55. The van der Waals surface area contributed by atoms with E-state index in [1.165, 1.54) is 24.3 Å². The normalized spacial score (nSPS) is 15.2. The standard InChI is InChI=1S/C26H28F3N3O5/c1-17(30-23(33)12-5-18-3-8-22(9-4-18)37-26(27,28)29)25(35)32-15-13-19(14-16-32)24(34)31-20-6-10-21(36-2)11-7-20/h3-12,17,19H,13-16H2,1-2H3,(H,30,33)(H,31,34)/b12-5+/t17-/m0/s1. The van der Waals surface area contributed by atoms with Crippen LogP contribution in [0.25, 0.3) is 6.08 Å². The number of amides is 3. The number of alkyl halides is 3. The summed E-state index contributed by atoms with van der Waals surface area (Å²) in [6.07, 6.45) is -1.17. The van der Waals surface area contributed by atoms with E-state index in [1.807, 2.05) is 0 Å². The topological polar surface area (TPSA) is 97.0 Å². The van der Waals surface area contributed by atoms with Crippen molar-refractivity contribution >= 4 is 29.5 Å². The number of halogens is 3. The maximum Gasteiger partial charge on any atom is 0.573 e. The van der Waals surface area contributed by atoms with Crippen LogP contribution in [0.15, 0.2) is 54.6 Å². The zero-order chi connectivity index (χ0) is 27.0. The molecule has 0 bridgehead atoms. The molecule has 3 rings (SSSR count). The summed E-state index contributed by atoms with van der Waals surface area (Å²) in [4.78, 5) is 39.2. The van der Waals surface area contributed by atoms with Gasteiger partial charge in [-0.3, -0.25) is 14.4 Å². The number of hydrogen-bond acceptors (Lipinski definition) is 5. The van der Waals surface area contributed by atoms with E-state index in [9.17, 15) is 27.6 Å². The number of carbonyl (C=O) groups is 3. The van der Waals surface area contributed by atoms with Crippen LogP contribution in [0.5, 0.6) is 11.5 Å². The van der Waals surface area contributed by atoms with Gasteiger partial charge in [-0.1, -0.05) is 12.1 Å². The highest BCUT2D eigenvalue weighted by molar-refractivity contribution is 5.96. The lowest BCUT2D eigenvalue weighted by atomic mass is 9.95. The fraction of sp³-hybridized carbons (Fsp3) is 0.346. The molecule has 0 saturated carbocycles. The molecule has 0 unspecified atom stereocenters. The lowest BCUT2D eigenvalue weighted by Crippen LogP contribution is -2.50. The summed E-state index contributed by atoms with van der Waals surface area (Å²) < 4.78 is 45.6. The minimum Gasteiger partial charge on any atom is -0.497 e. The second-order valence-electron chi connectivity index (χ2n) is 8.50. The van der Waals surface area contributed by atoms with Crippen LogP contribution in [0.1, 0.15) is 25.3 Å². The molecule has 11 heteroatoms. The average Bonchev–Trinajstić information content (AvgIpc) is 2.87. The molecule has 1 saturated heterocycles. The van der Waals surface area contributed by atoms with Gasteiger partial charge in [0.2, 0.25) is 17.7 Å². The van der Waals surface area contributed by atoms with Gasteiger partial charge in [0.15, 0.2) is 0 Å². The molecule has 1 heterocycles. The first-order valence-corrected chi connectivity index (χ1v) is 11.6. The van der Waals surface area contributed by atoms with E-state index in [4.69, 9.17) is 4.74 Å². The fourth-order valence-corrected chi connectivity index (χ4v) is 3.83. The summed E-state index contributed by atoms with van der Waals surface area (Å²) in [5.41, 5.74) is 1.15. The molecule has 37 heavy (non-hydrogen) atoms. The van der Waals surface area contributed by atoms with Crippen molar-refractivity contribution in [2.75, 3.05) is 25.5 Å². The Morgan fingerprint density at radius 3 is 2.16 bits per heavy atom. The zero-order valence-electron chi connectivity index (χ0n) is 20.4. The first-order valence-electron chi connectivity index (χ1n) is 11.6. The lowest BCUT2D eigenvalue weighted by molar-refractivity contribution is -0.274. The maximum atomic E-state index is 12.8. The van der Waals surface area contributed by atoms with Gasteiger partial charge >= 0.3 is 6.36 Å². The van der Waals surface area contributed by atoms with Gasteiger partial charge in [0.25, 0.3) is 0 Å². The van der Waals surface area contributed by atoms with Gasteiger partial charge in [0.1, 0.15) is 17.5 Å². The third-order valence-electron chi connectivity index (χ3n) is 5.81. The number of rotatable bonds is 8. The Morgan fingerprint density at radius 2 is 1.59 bits per heavy atom. The van der Waals surface area contributed by atoms with Crippen LogP contribution in [0.4, 0.5) is 18.9 Å². The van der Waals surface area contributed by atoms with E-state index in [0.717, 1.165) is 12.1 Å². The van der Waals surface area contributed by atoms with Gasteiger partial charge in [0.05, 0.1) is 7.11 Å². The van der Waals surface area contributed by atoms with Gasteiger partial charge < -0.3 is 25.0 Å². The Balaban J connectivity index is 1.43. The Bertz CT molecular complexity index is 1110. The molecule has 1 aliphatic rings. The summed E-state index contributed by atoms with van der Waals surface area (Å²) >= 11 is 0. The number of piperidine rings is 1. The predicted molar refractivity (Wildman–Crippen MR) is 131 cm³/mol. The van der Waals surface area contributed by atoms with E-state index in [1.54, 1.807) is 43.2 Å². The number of anilines is 1. The van der Waals surface area contributed by atoms with Crippen molar-refractivity contribution in [1.82, 2.24) is 10.2 Å². The smallest absolute Gasteiger partial charge is 0.497 e. The van der Waals surface area contributed by atoms with Crippen molar-refractivity contribution < 1.29 is 37.0 Å². The van der Waals surface area contributed by atoms with Crippen LogP contribution < -0.4 is 20.1 Å². The van der Waals surface area contributed by atoms with Crippen molar-refractivity contribution in [2.24, 2.45) is 5.92 Å². The summed E-state index contributed by atoms with van der Waals surface area (Å²) in [6.45, 7) is 2.35. The van der Waals surface area contributed by atoms with Crippen LogP contribution in [0.3, 0.4) is 0 Å². The van der Waals surface area contributed by atoms with E-state index in [0.29, 0.717) is 42.9 Å². The van der Waals surface area contributed by atoms with Crippen LogP contribution in [-0.4, -0.2) is 55.2 Å². The maximum absolute atomic E-state index is 12.8. The van der Waals surface area contributed by atoms with Crippen molar-refractivity contribution in [3.63, 3.8) is 0 Å². The third-order valence-corrected chi connectivity index (χ3v) is 5.81. The first kappa shape index (κ1) is 27.6. The highest BCUT2D eigenvalue weighted by Gasteiger charge is 2.31. The molecule has 0 radical (unpaired) electrons. The number of ether oxygens (including phenoxy) is 2. The highest BCUT2D eigenvalue weighted by Crippen LogP contribution is 2.23. The quantitative estimate of drug-likeness (QED) is 0.515. The molecule has 198 valence electrons. The Kier molecular flexibility index (Phi) is 9.15. The fourth-order valence-electron chi connectivity index (χ4n) is 3.83. The number of methoxy groups -OCH3 is 1. The SMILES string of the molecule is COc1ccc(NC(=O)C2CCN(C(=O)[C@H](C)NC(=O)/C=C/c3ccc(OC(F)(F)F)cc3)CC2)cc1. The van der Waals surface area contributed by atoms with Crippen molar-refractivity contribution in [3.8, 4) is 11.5 Å². The molecular weight excluding hydrogens is 491 g/mol. The molecule has 3 amide bonds. The molecule has 1 aliphatic heterocycles. The molecule has 1 atom stereocenters. The van der Waals surface area contributed by atoms with Gasteiger partial charge in [-0.25, -0.2) is 0 Å². The number of benzene rings is 2. The van der Waals surface area contributed by atoms with Crippen molar-refractivity contribution in [2.45, 2.75) is 32.2 Å². The Hall–Kier alpha value is -4.02. The Labute approximate surface area is 212 Å². The summed E-state index contributed by atoms with van der Waals surface area (Å²) in [5.74, 6) is -0.797.